The van der Waals surface area contributed by atoms with Gasteiger partial charge in [-0.2, -0.15) is 0 Å². The zero-order valence-electron chi connectivity index (χ0n) is 12.3. The van der Waals surface area contributed by atoms with Crippen molar-refractivity contribution in [1.82, 2.24) is 0 Å². The van der Waals surface area contributed by atoms with Gasteiger partial charge in [0.05, 0.1) is 17.5 Å². The van der Waals surface area contributed by atoms with Crippen molar-refractivity contribution in [3.05, 3.63) is 40.9 Å². The van der Waals surface area contributed by atoms with Crippen LogP contribution in [0.2, 0.25) is 5.02 Å². The maximum absolute atomic E-state index is 12.9. The Bertz CT molecular complexity index is 730. The largest absolute Gasteiger partial charge is 0.274 e. The second-order valence-electron chi connectivity index (χ2n) is 7.17. The van der Waals surface area contributed by atoms with Crippen LogP contribution in [0.3, 0.4) is 0 Å². The maximum atomic E-state index is 12.9. The molecule has 0 N–H and O–H groups in total. The monoisotopic (exact) mass is 313 g/mol. The highest BCUT2D eigenvalue weighted by molar-refractivity contribution is 6.32. The Morgan fingerprint density at radius 2 is 1.68 bits per heavy atom. The standard InChI is InChI=1S/C18H16ClNO2/c1-9-2-3-10(8-13(9)19)20-16(21)14-11-4-5-12(15(14)17(20)22)18(11)6-7-18/h2-5,8,11-12,14-15H,6-7H2,1H3/t11-,12-,14-,15+/m1/s1. The Labute approximate surface area is 133 Å². The summed E-state index contributed by atoms with van der Waals surface area (Å²) >= 11 is 6.17. The van der Waals surface area contributed by atoms with E-state index in [0.717, 1.165) is 5.56 Å². The maximum Gasteiger partial charge on any atom is 0.238 e. The van der Waals surface area contributed by atoms with Gasteiger partial charge in [0.2, 0.25) is 11.8 Å². The van der Waals surface area contributed by atoms with Gasteiger partial charge in [-0.3, -0.25) is 9.59 Å². The molecule has 1 aromatic carbocycles. The number of anilines is 1. The quantitative estimate of drug-likeness (QED) is 0.589. The van der Waals surface area contributed by atoms with Crippen molar-refractivity contribution < 1.29 is 9.59 Å². The molecule has 5 rings (SSSR count). The van der Waals surface area contributed by atoms with Gasteiger partial charge in [-0.25, -0.2) is 4.90 Å². The Balaban J connectivity index is 1.57. The van der Waals surface area contributed by atoms with Crippen LogP contribution in [0.15, 0.2) is 30.4 Å². The second kappa shape index (κ2) is 3.83. The third kappa shape index (κ3) is 1.30. The smallest absolute Gasteiger partial charge is 0.238 e. The molecule has 4 atom stereocenters. The molecular weight excluding hydrogens is 298 g/mol. The average molecular weight is 314 g/mol. The summed E-state index contributed by atoms with van der Waals surface area (Å²) in [5, 5.41) is 0.593. The fourth-order valence-corrected chi connectivity index (χ4v) is 5.23. The Morgan fingerprint density at radius 3 is 2.18 bits per heavy atom. The van der Waals surface area contributed by atoms with Crippen molar-refractivity contribution in [2.24, 2.45) is 29.1 Å². The van der Waals surface area contributed by atoms with Crippen LogP contribution in [0.25, 0.3) is 0 Å². The molecule has 1 heterocycles. The fraction of sp³-hybridized carbons (Fsp3) is 0.444. The average Bonchev–Trinajstić information content (AvgIpc) is 3.08. The molecular formula is C18H16ClNO2. The van der Waals surface area contributed by atoms with Gasteiger partial charge in [-0.15, -0.1) is 0 Å². The number of imide groups is 1. The number of fused-ring (bicyclic) bond motifs is 3. The zero-order chi connectivity index (χ0) is 15.2. The van der Waals surface area contributed by atoms with Crippen LogP contribution in [0.1, 0.15) is 18.4 Å². The lowest BCUT2D eigenvalue weighted by molar-refractivity contribution is -0.123. The predicted octanol–water partition coefficient (Wildman–Crippen LogP) is 3.35. The van der Waals surface area contributed by atoms with E-state index < -0.39 is 0 Å². The van der Waals surface area contributed by atoms with Crippen LogP contribution < -0.4 is 4.90 Å². The fourth-order valence-electron chi connectivity index (χ4n) is 5.05. The van der Waals surface area contributed by atoms with Gasteiger partial charge in [-0.1, -0.05) is 29.8 Å². The lowest BCUT2D eigenvalue weighted by atomic mass is 9.85. The van der Waals surface area contributed by atoms with Crippen LogP contribution in [-0.4, -0.2) is 11.8 Å². The molecule has 4 aliphatic rings. The van der Waals surface area contributed by atoms with Gasteiger partial charge < -0.3 is 0 Å². The van der Waals surface area contributed by atoms with E-state index >= 15 is 0 Å². The molecule has 0 aromatic heterocycles. The third-order valence-corrected chi connectivity index (χ3v) is 6.67. The highest BCUT2D eigenvalue weighted by Gasteiger charge is 2.73. The SMILES string of the molecule is Cc1ccc(N2C(=O)[C@@H]3[C@H](C2=O)[C@H]2C=C[C@H]3C23CC3)cc1Cl. The number of halogens is 1. The molecule has 22 heavy (non-hydrogen) atoms. The van der Waals surface area contributed by atoms with E-state index in [0.29, 0.717) is 10.7 Å². The van der Waals surface area contributed by atoms with E-state index in [-0.39, 0.29) is 40.9 Å². The zero-order valence-corrected chi connectivity index (χ0v) is 13.0. The molecule has 1 aromatic rings. The van der Waals surface area contributed by atoms with Gasteiger partial charge in [-0.05, 0) is 54.7 Å². The first kappa shape index (κ1) is 12.9. The molecule has 0 unspecified atom stereocenters. The number of nitrogens with zero attached hydrogens (tertiary/aromatic N) is 1. The predicted molar refractivity (Wildman–Crippen MR) is 83.4 cm³/mol. The molecule has 0 radical (unpaired) electrons. The van der Waals surface area contributed by atoms with Crippen molar-refractivity contribution in [3.8, 4) is 0 Å². The number of aryl methyl sites for hydroxylation is 1. The molecule has 2 saturated carbocycles. The minimum Gasteiger partial charge on any atom is -0.274 e. The van der Waals surface area contributed by atoms with E-state index in [1.165, 1.54) is 17.7 Å². The highest BCUT2D eigenvalue weighted by atomic mass is 35.5. The Kier molecular flexibility index (Phi) is 2.24. The first-order valence-corrected chi connectivity index (χ1v) is 8.25. The number of carbonyl (C=O) groups excluding carboxylic acids is 2. The number of carbonyl (C=O) groups is 2. The summed E-state index contributed by atoms with van der Waals surface area (Å²) in [4.78, 5) is 27.2. The molecule has 112 valence electrons. The van der Waals surface area contributed by atoms with Crippen molar-refractivity contribution in [2.45, 2.75) is 19.8 Å². The summed E-state index contributed by atoms with van der Waals surface area (Å²) in [5.41, 5.74) is 1.81. The molecule has 2 amide bonds. The van der Waals surface area contributed by atoms with Gasteiger partial charge in [0, 0.05) is 5.02 Å². The van der Waals surface area contributed by atoms with Crippen LogP contribution in [0.5, 0.6) is 0 Å². The van der Waals surface area contributed by atoms with Crippen molar-refractivity contribution in [3.63, 3.8) is 0 Å². The summed E-state index contributed by atoms with van der Waals surface area (Å²) in [5.74, 6) is 0.181. The minimum atomic E-state index is -0.148. The molecule has 4 heteroatoms. The van der Waals surface area contributed by atoms with Crippen molar-refractivity contribution in [1.29, 1.82) is 0 Å². The first-order valence-electron chi connectivity index (χ1n) is 7.87. The Morgan fingerprint density at radius 1 is 1.09 bits per heavy atom. The molecule has 3 nitrogen and oxygen atoms in total. The van der Waals surface area contributed by atoms with E-state index in [4.69, 9.17) is 11.6 Å². The van der Waals surface area contributed by atoms with Gasteiger partial charge in [0.25, 0.3) is 0 Å². The van der Waals surface area contributed by atoms with Crippen LogP contribution in [0.4, 0.5) is 5.69 Å². The van der Waals surface area contributed by atoms with Crippen LogP contribution in [-0.2, 0) is 9.59 Å². The summed E-state index contributed by atoms with van der Waals surface area (Å²) in [7, 11) is 0. The first-order chi connectivity index (χ1) is 10.5. The number of rotatable bonds is 1. The summed E-state index contributed by atoms with van der Waals surface area (Å²) in [6, 6.07) is 5.41. The van der Waals surface area contributed by atoms with Gasteiger partial charge >= 0.3 is 0 Å². The number of amides is 2. The van der Waals surface area contributed by atoms with Crippen molar-refractivity contribution >= 4 is 29.1 Å². The molecule has 1 saturated heterocycles. The third-order valence-electron chi connectivity index (χ3n) is 6.27. The molecule has 3 aliphatic carbocycles. The van der Waals surface area contributed by atoms with Crippen molar-refractivity contribution in [2.75, 3.05) is 4.90 Å². The molecule has 1 spiro atoms. The minimum absolute atomic E-state index is 0.0296. The van der Waals surface area contributed by atoms with Crippen LogP contribution >= 0.6 is 11.6 Å². The summed E-state index contributed by atoms with van der Waals surface area (Å²) in [6.07, 6.45) is 6.71. The topological polar surface area (TPSA) is 37.4 Å². The van der Waals surface area contributed by atoms with E-state index in [2.05, 4.69) is 12.2 Å². The summed E-state index contributed by atoms with van der Waals surface area (Å²) in [6.45, 7) is 1.91. The van der Waals surface area contributed by atoms with Gasteiger partial charge in [0.1, 0.15) is 0 Å². The molecule has 1 aliphatic heterocycles. The normalized spacial score (nSPS) is 36.5. The highest BCUT2D eigenvalue weighted by Crippen LogP contribution is 2.73. The van der Waals surface area contributed by atoms with E-state index in [1.807, 2.05) is 19.1 Å². The summed E-state index contributed by atoms with van der Waals surface area (Å²) < 4.78 is 0. The number of hydrogen-bond donors (Lipinski definition) is 0. The number of allylic oxidation sites excluding steroid dienone is 2. The molecule has 3 fully saturated rings. The van der Waals surface area contributed by atoms with Gasteiger partial charge in [0.15, 0.2) is 0 Å². The second-order valence-corrected chi connectivity index (χ2v) is 7.57. The lowest BCUT2D eigenvalue weighted by Gasteiger charge is -2.22. The lowest BCUT2D eigenvalue weighted by Crippen LogP contribution is -2.34. The van der Waals surface area contributed by atoms with E-state index in [9.17, 15) is 9.59 Å². The van der Waals surface area contributed by atoms with Crippen LogP contribution in [0, 0.1) is 36.0 Å². The Hall–Kier alpha value is -1.61. The van der Waals surface area contributed by atoms with E-state index in [1.54, 1.807) is 6.07 Å². The number of benzene rings is 1. The molecule has 2 bridgehead atoms. The number of hydrogen-bond acceptors (Lipinski definition) is 2.